The minimum atomic E-state index is 0.102. The molecule has 4 heteroatoms. The third-order valence-corrected chi connectivity index (χ3v) is 4.26. The van der Waals surface area contributed by atoms with Crippen molar-refractivity contribution in [1.29, 1.82) is 0 Å². The highest BCUT2D eigenvalue weighted by Crippen LogP contribution is 2.28. The second-order valence-corrected chi connectivity index (χ2v) is 5.74. The van der Waals surface area contributed by atoms with Gasteiger partial charge in [-0.05, 0) is 25.5 Å². The zero-order chi connectivity index (χ0) is 15.2. The summed E-state index contributed by atoms with van der Waals surface area (Å²) in [6, 6.07) is 8.10. The van der Waals surface area contributed by atoms with E-state index in [1.807, 2.05) is 30.1 Å². The fourth-order valence-electron chi connectivity index (χ4n) is 3.15. The van der Waals surface area contributed by atoms with Crippen LogP contribution in [0.1, 0.15) is 37.8 Å². The van der Waals surface area contributed by atoms with Crippen LogP contribution >= 0.6 is 0 Å². The number of nitrogens with one attached hydrogen (secondary N) is 1. The maximum Gasteiger partial charge on any atom is 0.222 e. The molecule has 2 atom stereocenters. The first-order chi connectivity index (χ1) is 10.2. The number of para-hydroxylation sites is 1. The van der Waals surface area contributed by atoms with Crippen molar-refractivity contribution < 1.29 is 9.53 Å². The van der Waals surface area contributed by atoms with E-state index in [0.29, 0.717) is 18.9 Å². The molecular formula is C17H26N2O2. The first-order valence-corrected chi connectivity index (χ1v) is 7.77. The number of methoxy groups -OCH3 is 1. The summed E-state index contributed by atoms with van der Waals surface area (Å²) < 4.78 is 5.44. The Labute approximate surface area is 127 Å². The number of likely N-dealkylation sites (N-methyl/N-ethyl adjacent to an activating group) is 1. The summed E-state index contributed by atoms with van der Waals surface area (Å²) in [4.78, 5) is 14.2. The van der Waals surface area contributed by atoms with Gasteiger partial charge in [-0.1, -0.05) is 31.5 Å². The number of carbonyl (C=O) groups excluding carboxylic acids is 1. The minimum absolute atomic E-state index is 0.102. The zero-order valence-corrected chi connectivity index (χ0v) is 13.3. The largest absolute Gasteiger partial charge is 0.496 e. The fourth-order valence-corrected chi connectivity index (χ4v) is 3.15. The molecule has 1 aromatic carbocycles. The summed E-state index contributed by atoms with van der Waals surface area (Å²) in [5.74, 6) is 1.68. The van der Waals surface area contributed by atoms with E-state index in [4.69, 9.17) is 4.74 Å². The maximum atomic E-state index is 12.2. The van der Waals surface area contributed by atoms with Crippen LogP contribution in [0.3, 0.4) is 0 Å². The Morgan fingerprint density at radius 1 is 1.43 bits per heavy atom. The molecule has 1 N–H and O–H groups in total. The highest BCUT2D eigenvalue weighted by molar-refractivity contribution is 5.78. The molecule has 1 aliphatic heterocycles. The van der Waals surface area contributed by atoms with Gasteiger partial charge in [0.2, 0.25) is 5.91 Å². The molecule has 2 unspecified atom stereocenters. The average Bonchev–Trinajstić information content (AvgIpc) is 2.85. The lowest BCUT2D eigenvalue weighted by molar-refractivity contribution is -0.128. The van der Waals surface area contributed by atoms with Gasteiger partial charge in [-0.15, -0.1) is 0 Å². The summed E-state index contributed by atoms with van der Waals surface area (Å²) in [5.41, 5.74) is 1.11. The van der Waals surface area contributed by atoms with Crippen LogP contribution < -0.4 is 10.1 Å². The number of hydrogen-bond donors (Lipinski definition) is 1. The molecule has 0 bridgehead atoms. The molecule has 1 heterocycles. The lowest BCUT2D eigenvalue weighted by atomic mass is 10.0. The number of nitrogens with zero attached hydrogens (tertiary/aromatic N) is 1. The van der Waals surface area contributed by atoms with Gasteiger partial charge in [-0.3, -0.25) is 4.79 Å². The number of rotatable bonds is 7. The van der Waals surface area contributed by atoms with Crippen LogP contribution in [-0.4, -0.2) is 38.1 Å². The molecular weight excluding hydrogens is 264 g/mol. The maximum absolute atomic E-state index is 12.2. The standard InChI is InChI=1S/C17H26N2O2/c1-4-7-13-10-17(20)19(11-13)12-15(18-2)14-8-5-6-9-16(14)21-3/h5-6,8-9,13,15,18H,4,7,10-12H2,1-3H3. The minimum Gasteiger partial charge on any atom is -0.496 e. The zero-order valence-electron chi connectivity index (χ0n) is 13.3. The number of carbonyl (C=O) groups is 1. The monoisotopic (exact) mass is 290 g/mol. The second-order valence-electron chi connectivity index (χ2n) is 5.74. The van der Waals surface area contributed by atoms with Crippen molar-refractivity contribution in [2.75, 3.05) is 27.2 Å². The Bertz CT molecular complexity index is 476. The van der Waals surface area contributed by atoms with Gasteiger partial charge in [-0.25, -0.2) is 0 Å². The van der Waals surface area contributed by atoms with E-state index in [9.17, 15) is 4.79 Å². The van der Waals surface area contributed by atoms with Crippen LogP contribution in [0.25, 0.3) is 0 Å². The lowest BCUT2D eigenvalue weighted by Gasteiger charge is -2.25. The highest BCUT2D eigenvalue weighted by Gasteiger charge is 2.30. The molecule has 0 aromatic heterocycles. The molecule has 2 rings (SSSR count). The van der Waals surface area contributed by atoms with Crippen molar-refractivity contribution in [3.63, 3.8) is 0 Å². The van der Waals surface area contributed by atoms with Gasteiger partial charge >= 0.3 is 0 Å². The number of likely N-dealkylation sites (tertiary alicyclic amines) is 1. The van der Waals surface area contributed by atoms with E-state index in [2.05, 4.69) is 18.3 Å². The Morgan fingerprint density at radius 2 is 2.19 bits per heavy atom. The molecule has 1 aliphatic rings. The third-order valence-electron chi connectivity index (χ3n) is 4.26. The predicted molar refractivity (Wildman–Crippen MR) is 84.4 cm³/mol. The lowest BCUT2D eigenvalue weighted by Crippen LogP contribution is -2.35. The predicted octanol–water partition coefficient (Wildman–Crippen LogP) is 2.60. The first kappa shape index (κ1) is 15.8. The summed E-state index contributed by atoms with van der Waals surface area (Å²) in [6.45, 7) is 3.77. The number of benzene rings is 1. The van der Waals surface area contributed by atoms with Gasteiger partial charge < -0.3 is 15.0 Å². The van der Waals surface area contributed by atoms with E-state index in [-0.39, 0.29) is 11.9 Å². The van der Waals surface area contributed by atoms with E-state index in [1.54, 1.807) is 7.11 Å². The molecule has 0 aliphatic carbocycles. The Kier molecular flexibility index (Phi) is 5.62. The molecule has 4 nitrogen and oxygen atoms in total. The van der Waals surface area contributed by atoms with Crippen LogP contribution in [0.5, 0.6) is 5.75 Å². The number of amides is 1. The SMILES string of the molecule is CCCC1CC(=O)N(CC(NC)c2ccccc2OC)C1. The van der Waals surface area contributed by atoms with Crippen LogP contribution in [0.2, 0.25) is 0 Å². The quantitative estimate of drug-likeness (QED) is 0.839. The van der Waals surface area contributed by atoms with Crippen molar-refractivity contribution in [1.82, 2.24) is 10.2 Å². The number of hydrogen-bond acceptors (Lipinski definition) is 3. The highest BCUT2D eigenvalue weighted by atomic mass is 16.5. The van der Waals surface area contributed by atoms with Crippen LogP contribution in [0.15, 0.2) is 24.3 Å². The summed E-state index contributed by atoms with van der Waals surface area (Å²) in [6.07, 6.45) is 2.99. The van der Waals surface area contributed by atoms with Crippen LogP contribution in [0, 0.1) is 5.92 Å². The Morgan fingerprint density at radius 3 is 2.86 bits per heavy atom. The Balaban J connectivity index is 2.07. The molecule has 0 spiro atoms. The normalized spacial score (nSPS) is 19.9. The molecule has 21 heavy (non-hydrogen) atoms. The number of ether oxygens (including phenoxy) is 1. The van der Waals surface area contributed by atoms with Gasteiger partial charge in [0, 0.05) is 25.1 Å². The van der Waals surface area contributed by atoms with Gasteiger partial charge in [0.05, 0.1) is 13.2 Å². The van der Waals surface area contributed by atoms with Crippen LogP contribution in [0.4, 0.5) is 0 Å². The Hall–Kier alpha value is -1.55. The van der Waals surface area contributed by atoms with Gasteiger partial charge in [0.15, 0.2) is 0 Å². The first-order valence-electron chi connectivity index (χ1n) is 7.77. The molecule has 1 aromatic rings. The summed E-state index contributed by atoms with van der Waals surface area (Å²) in [7, 11) is 3.62. The summed E-state index contributed by atoms with van der Waals surface area (Å²) in [5, 5.41) is 3.31. The molecule has 0 saturated carbocycles. The molecule has 1 fully saturated rings. The molecule has 1 saturated heterocycles. The summed E-state index contributed by atoms with van der Waals surface area (Å²) >= 11 is 0. The van der Waals surface area contributed by atoms with Crippen molar-refractivity contribution in [3.8, 4) is 5.75 Å². The van der Waals surface area contributed by atoms with E-state index in [1.165, 1.54) is 0 Å². The smallest absolute Gasteiger partial charge is 0.222 e. The molecule has 1 amide bonds. The van der Waals surface area contributed by atoms with Crippen molar-refractivity contribution >= 4 is 5.91 Å². The van der Waals surface area contributed by atoms with Crippen molar-refractivity contribution in [3.05, 3.63) is 29.8 Å². The molecule has 0 radical (unpaired) electrons. The van der Waals surface area contributed by atoms with E-state index < -0.39 is 0 Å². The average molecular weight is 290 g/mol. The van der Waals surface area contributed by atoms with Crippen molar-refractivity contribution in [2.45, 2.75) is 32.2 Å². The van der Waals surface area contributed by atoms with E-state index >= 15 is 0 Å². The van der Waals surface area contributed by atoms with Gasteiger partial charge in [0.25, 0.3) is 0 Å². The van der Waals surface area contributed by atoms with Gasteiger partial charge in [0.1, 0.15) is 5.75 Å². The second kappa shape index (κ2) is 7.46. The third kappa shape index (κ3) is 3.76. The van der Waals surface area contributed by atoms with Crippen LogP contribution in [-0.2, 0) is 4.79 Å². The van der Waals surface area contributed by atoms with E-state index in [0.717, 1.165) is 30.7 Å². The van der Waals surface area contributed by atoms with Gasteiger partial charge in [-0.2, -0.15) is 0 Å². The molecule has 116 valence electrons. The van der Waals surface area contributed by atoms with Crippen molar-refractivity contribution in [2.24, 2.45) is 5.92 Å². The fraction of sp³-hybridized carbons (Fsp3) is 0.588. The topological polar surface area (TPSA) is 41.6 Å².